The molecule has 2 aromatic heterocycles. The average molecular weight is 263 g/mol. The fourth-order valence-corrected chi connectivity index (χ4v) is 2.25. The fraction of sp³-hybridized carbons (Fsp3) is 0.583. The Balaban J connectivity index is 2.40. The minimum atomic E-state index is -0.150. The van der Waals surface area contributed by atoms with E-state index in [1.165, 1.54) is 0 Å². The Morgan fingerprint density at radius 1 is 1.32 bits per heavy atom. The van der Waals surface area contributed by atoms with Crippen LogP contribution < -0.4 is 11.3 Å². The topological polar surface area (TPSA) is 86.6 Å². The summed E-state index contributed by atoms with van der Waals surface area (Å²) in [5.41, 5.74) is 5.81. The molecular formula is C12H21N7. The summed E-state index contributed by atoms with van der Waals surface area (Å²) in [6.45, 7) is 7.77. The highest BCUT2D eigenvalue weighted by Gasteiger charge is 2.21. The second-order valence-corrected chi connectivity index (χ2v) is 4.51. The molecule has 0 spiro atoms. The Morgan fingerprint density at radius 3 is 2.74 bits per heavy atom. The lowest BCUT2D eigenvalue weighted by molar-refractivity contribution is 0.484. The molecule has 1 atom stereocenters. The zero-order chi connectivity index (χ0) is 13.8. The Bertz CT molecular complexity index is 528. The molecule has 0 aliphatic carbocycles. The van der Waals surface area contributed by atoms with Crippen LogP contribution in [-0.4, -0.2) is 24.8 Å². The van der Waals surface area contributed by atoms with E-state index in [1.807, 2.05) is 22.4 Å². The van der Waals surface area contributed by atoms with Gasteiger partial charge in [0.05, 0.1) is 23.3 Å². The SMILES string of the molecule is CCCn1nncc1C(NN)c1cc(C)nn1CC. The van der Waals surface area contributed by atoms with Crippen molar-refractivity contribution in [2.45, 2.75) is 46.3 Å². The minimum absolute atomic E-state index is 0.150. The number of nitrogens with two attached hydrogens (primary N) is 1. The Labute approximate surface area is 112 Å². The molecule has 19 heavy (non-hydrogen) atoms. The second kappa shape index (κ2) is 5.94. The van der Waals surface area contributed by atoms with Gasteiger partial charge in [-0.2, -0.15) is 5.10 Å². The maximum Gasteiger partial charge on any atom is 0.106 e. The van der Waals surface area contributed by atoms with Gasteiger partial charge >= 0.3 is 0 Å². The van der Waals surface area contributed by atoms with Crippen molar-refractivity contribution in [3.05, 3.63) is 29.3 Å². The van der Waals surface area contributed by atoms with Gasteiger partial charge in [0.25, 0.3) is 0 Å². The maximum absolute atomic E-state index is 5.73. The van der Waals surface area contributed by atoms with Crippen molar-refractivity contribution < 1.29 is 0 Å². The van der Waals surface area contributed by atoms with Crippen LogP contribution in [-0.2, 0) is 13.1 Å². The molecule has 7 heteroatoms. The molecule has 0 amide bonds. The fourth-order valence-electron chi connectivity index (χ4n) is 2.25. The zero-order valence-electron chi connectivity index (χ0n) is 11.7. The summed E-state index contributed by atoms with van der Waals surface area (Å²) >= 11 is 0. The molecular weight excluding hydrogens is 242 g/mol. The summed E-state index contributed by atoms with van der Waals surface area (Å²) in [6, 6.07) is 1.89. The molecule has 2 rings (SSSR count). The first-order valence-electron chi connectivity index (χ1n) is 6.60. The molecule has 0 fully saturated rings. The molecule has 104 valence electrons. The average Bonchev–Trinajstić information content (AvgIpc) is 2.99. The lowest BCUT2D eigenvalue weighted by Crippen LogP contribution is -2.32. The van der Waals surface area contributed by atoms with Crippen molar-refractivity contribution in [2.75, 3.05) is 0 Å². The van der Waals surface area contributed by atoms with E-state index in [0.717, 1.165) is 36.6 Å². The molecule has 2 aromatic rings. The van der Waals surface area contributed by atoms with E-state index in [1.54, 1.807) is 6.20 Å². The lowest BCUT2D eigenvalue weighted by Gasteiger charge is -2.17. The van der Waals surface area contributed by atoms with E-state index < -0.39 is 0 Å². The van der Waals surface area contributed by atoms with E-state index in [2.05, 4.69) is 34.7 Å². The number of nitrogens with one attached hydrogen (secondary N) is 1. The summed E-state index contributed by atoms with van der Waals surface area (Å²) in [7, 11) is 0. The predicted octanol–water partition coefficient (Wildman–Crippen LogP) is 0.766. The van der Waals surface area contributed by atoms with Gasteiger partial charge in [-0.3, -0.25) is 10.5 Å². The van der Waals surface area contributed by atoms with Gasteiger partial charge in [-0.05, 0) is 26.3 Å². The van der Waals surface area contributed by atoms with Gasteiger partial charge < -0.3 is 0 Å². The largest absolute Gasteiger partial charge is 0.270 e. The van der Waals surface area contributed by atoms with Crippen LogP contribution in [0.4, 0.5) is 0 Å². The third-order valence-corrected chi connectivity index (χ3v) is 3.07. The van der Waals surface area contributed by atoms with Crippen LogP contribution in [0.15, 0.2) is 12.3 Å². The Hall–Kier alpha value is -1.73. The van der Waals surface area contributed by atoms with Crippen molar-refractivity contribution in [1.29, 1.82) is 0 Å². The minimum Gasteiger partial charge on any atom is -0.270 e. The van der Waals surface area contributed by atoms with E-state index >= 15 is 0 Å². The Morgan fingerprint density at radius 2 is 2.11 bits per heavy atom. The first-order valence-corrected chi connectivity index (χ1v) is 6.60. The van der Waals surface area contributed by atoms with Gasteiger partial charge in [0, 0.05) is 13.1 Å². The van der Waals surface area contributed by atoms with Crippen molar-refractivity contribution in [3.8, 4) is 0 Å². The number of hydrogen-bond acceptors (Lipinski definition) is 5. The van der Waals surface area contributed by atoms with Crippen LogP contribution >= 0.6 is 0 Å². The van der Waals surface area contributed by atoms with Crippen molar-refractivity contribution in [2.24, 2.45) is 5.84 Å². The van der Waals surface area contributed by atoms with Crippen LogP contribution in [0, 0.1) is 6.92 Å². The zero-order valence-corrected chi connectivity index (χ0v) is 11.7. The van der Waals surface area contributed by atoms with Crippen LogP contribution in [0.2, 0.25) is 0 Å². The first kappa shape index (κ1) is 13.7. The Kier molecular flexibility index (Phi) is 4.28. The van der Waals surface area contributed by atoms with Crippen molar-refractivity contribution >= 4 is 0 Å². The molecule has 0 aliphatic rings. The summed E-state index contributed by atoms with van der Waals surface area (Å²) in [5, 5.41) is 12.5. The van der Waals surface area contributed by atoms with Gasteiger partial charge in [-0.15, -0.1) is 5.10 Å². The number of rotatable bonds is 6. The molecule has 0 saturated carbocycles. The number of nitrogens with zero attached hydrogens (tertiary/aromatic N) is 5. The molecule has 0 saturated heterocycles. The molecule has 3 N–H and O–H groups in total. The van der Waals surface area contributed by atoms with Crippen molar-refractivity contribution in [3.63, 3.8) is 0 Å². The van der Waals surface area contributed by atoms with E-state index in [-0.39, 0.29) is 6.04 Å². The summed E-state index contributed by atoms with van der Waals surface area (Å²) in [5.74, 6) is 5.73. The number of hydrazine groups is 1. The highest BCUT2D eigenvalue weighted by atomic mass is 15.4. The third-order valence-electron chi connectivity index (χ3n) is 3.07. The van der Waals surface area contributed by atoms with Gasteiger partial charge in [-0.25, -0.2) is 10.1 Å². The number of hydrogen-bond donors (Lipinski definition) is 2. The van der Waals surface area contributed by atoms with Gasteiger partial charge in [0.1, 0.15) is 6.04 Å². The highest BCUT2D eigenvalue weighted by Crippen LogP contribution is 2.21. The first-order chi connectivity index (χ1) is 9.21. The van der Waals surface area contributed by atoms with Gasteiger partial charge in [0.15, 0.2) is 0 Å². The molecule has 0 aliphatic heterocycles. The van der Waals surface area contributed by atoms with E-state index in [4.69, 9.17) is 5.84 Å². The standard InChI is InChI=1S/C12H21N7/c1-4-6-19-11(8-14-17-19)12(15-13)10-7-9(3)16-18(10)5-2/h7-8,12,15H,4-6,13H2,1-3H3. The van der Waals surface area contributed by atoms with Crippen LogP contribution in [0.25, 0.3) is 0 Å². The molecule has 7 nitrogen and oxygen atoms in total. The monoisotopic (exact) mass is 263 g/mol. The quantitative estimate of drug-likeness (QED) is 0.593. The van der Waals surface area contributed by atoms with Gasteiger partial charge in [-0.1, -0.05) is 12.1 Å². The number of aryl methyl sites for hydroxylation is 3. The van der Waals surface area contributed by atoms with Crippen LogP contribution in [0.5, 0.6) is 0 Å². The van der Waals surface area contributed by atoms with E-state index in [9.17, 15) is 0 Å². The predicted molar refractivity (Wildman–Crippen MR) is 72.1 cm³/mol. The highest BCUT2D eigenvalue weighted by molar-refractivity contribution is 5.22. The van der Waals surface area contributed by atoms with Crippen LogP contribution in [0.3, 0.4) is 0 Å². The summed E-state index contributed by atoms with van der Waals surface area (Å²) < 4.78 is 3.83. The smallest absolute Gasteiger partial charge is 0.106 e. The lowest BCUT2D eigenvalue weighted by atomic mass is 10.1. The van der Waals surface area contributed by atoms with Gasteiger partial charge in [0.2, 0.25) is 0 Å². The molecule has 0 bridgehead atoms. The maximum atomic E-state index is 5.73. The molecule has 0 radical (unpaired) electrons. The number of aromatic nitrogens is 5. The normalized spacial score (nSPS) is 12.8. The summed E-state index contributed by atoms with van der Waals surface area (Å²) in [4.78, 5) is 0. The second-order valence-electron chi connectivity index (χ2n) is 4.51. The molecule has 0 aromatic carbocycles. The molecule has 2 heterocycles. The van der Waals surface area contributed by atoms with E-state index in [0.29, 0.717) is 0 Å². The van der Waals surface area contributed by atoms with Crippen LogP contribution in [0.1, 0.15) is 43.4 Å². The molecule has 1 unspecified atom stereocenters. The third kappa shape index (κ3) is 2.66. The van der Waals surface area contributed by atoms with Crippen molar-refractivity contribution in [1.82, 2.24) is 30.2 Å². The summed E-state index contributed by atoms with van der Waals surface area (Å²) in [6.07, 6.45) is 2.75.